The van der Waals surface area contributed by atoms with E-state index >= 15 is 0 Å². The molecule has 0 bridgehead atoms. The Kier molecular flexibility index (Phi) is 4.61. The highest BCUT2D eigenvalue weighted by molar-refractivity contribution is 8.11. The van der Waals surface area contributed by atoms with Crippen molar-refractivity contribution < 1.29 is 4.74 Å². The molecule has 0 saturated heterocycles. The maximum absolute atomic E-state index is 5.20. The van der Waals surface area contributed by atoms with E-state index in [2.05, 4.69) is 37.8 Å². The predicted molar refractivity (Wildman–Crippen MR) is 87.6 cm³/mol. The summed E-state index contributed by atoms with van der Waals surface area (Å²) < 4.78 is 5.82. The lowest BCUT2D eigenvalue weighted by Crippen LogP contribution is -2.02. The molecule has 1 nitrogen and oxygen atoms in total. The second kappa shape index (κ2) is 6.22. The molecule has 3 heteroatoms. The number of methoxy groups -OCH3 is 1. The second-order valence-corrected chi connectivity index (χ2v) is 5.55. The van der Waals surface area contributed by atoms with E-state index in [9.17, 15) is 0 Å². The third kappa shape index (κ3) is 3.17. The van der Waals surface area contributed by atoms with Gasteiger partial charge in [-0.1, -0.05) is 55.5 Å². The molecule has 0 aromatic heterocycles. The highest BCUT2D eigenvalue weighted by atomic mass is 32.1. The quantitative estimate of drug-likeness (QED) is 0.657. The van der Waals surface area contributed by atoms with Gasteiger partial charge >= 0.3 is 0 Å². The van der Waals surface area contributed by atoms with Crippen molar-refractivity contribution in [2.24, 2.45) is 0 Å². The minimum absolute atomic E-state index is 0.271. The number of hydrogen-bond acceptors (Lipinski definition) is 2. The molecule has 0 N–H and O–H groups in total. The topological polar surface area (TPSA) is 9.23 Å². The van der Waals surface area contributed by atoms with Crippen molar-refractivity contribution >= 4 is 29.0 Å². The number of rotatable bonds is 4. The van der Waals surface area contributed by atoms with Gasteiger partial charge in [0.2, 0.25) is 0 Å². The van der Waals surface area contributed by atoms with Crippen LogP contribution < -0.4 is 4.74 Å². The van der Waals surface area contributed by atoms with Crippen LogP contribution in [-0.2, 0) is 0 Å². The molecule has 0 fully saturated rings. The fourth-order valence-corrected chi connectivity index (χ4v) is 2.53. The Morgan fingerprint density at radius 2 is 1.74 bits per heavy atom. The fraction of sp³-hybridized carbons (Fsp3) is 0.188. The molecule has 0 radical (unpaired) electrons. The molecule has 0 heterocycles. The molecule has 2 rings (SSSR count). The third-order valence-electron chi connectivity index (χ3n) is 3.27. The Morgan fingerprint density at radius 1 is 1.11 bits per heavy atom. The standard InChI is InChI=1S/C16H16OS2/c1-11(12-7-9-13(17-2)10-8-12)14-5-3-4-6-15(14)16(18)19/h3-11H,1-2H3,(H,18,19). The van der Waals surface area contributed by atoms with Crippen LogP contribution in [0, 0.1) is 0 Å². The van der Waals surface area contributed by atoms with Gasteiger partial charge in [0.1, 0.15) is 5.75 Å². The first-order valence-corrected chi connectivity index (χ1v) is 6.95. The summed E-state index contributed by atoms with van der Waals surface area (Å²) in [6.45, 7) is 2.17. The van der Waals surface area contributed by atoms with Gasteiger partial charge in [-0.2, -0.15) is 0 Å². The molecule has 19 heavy (non-hydrogen) atoms. The van der Waals surface area contributed by atoms with E-state index in [1.165, 1.54) is 11.1 Å². The van der Waals surface area contributed by atoms with Crippen LogP contribution in [0.2, 0.25) is 0 Å². The third-order valence-corrected chi connectivity index (χ3v) is 3.73. The lowest BCUT2D eigenvalue weighted by Gasteiger charge is -2.16. The minimum Gasteiger partial charge on any atom is -0.497 e. The molecule has 2 aromatic rings. The summed E-state index contributed by atoms with van der Waals surface area (Å²) in [5.74, 6) is 1.14. The molecule has 0 aliphatic rings. The monoisotopic (exact) mass is 288 g/mol. The number of ether oxygens (including phenoxy) is 1. The van der Waals surface area contributed by atoms with E-state index in [1.807, 2.05) is 30.3 Å². The van der Waals surface area contributed by atoms with Crippen LogP contribution in [-0.4, -0.2) is 11.3 Å². The molecule has 0 amide bonds. The summed E-state index contributed by atoms with van der Waals surface area (Å²) in [5, 5.41) is 0. The summed E-state index contributed by atoms with van der Waals surface area (Å²) in [6, 6.07) is 16.3. The second-order valence-electron chi connectivity index (χ2n) is 4.39. The van der Waals surface area contributed by atoms with Crippen molar-refractivity contribution in [2.75, 3.05) is 7.11 Å². The molecule has 0 spiro atoms. The maximum atomic E-state index is 5.20. The first-order valence-electron chi connectivity index (χ1n) is 6.09. The van der Waals surface area contributed by atoms with E-state index in [0.717, 1.165) is 11.3 Å². The number of hydrogen-bond donors (Lipinski definition) is 1. The Hall–Kier alpha value is -1.32. The fourth-order valence-electron chi connectivity index (χ4n) is 2.14. The number of thiol groups is 1. The molecule has 2 aromatic carbocycles. The molecule has 0 aliphatic carbocycles. The minimum atomic E-state index is 0.271. The van der Waals surface area contributed by atoms with E-state index < -0.39 is 0 Å². The largest absolute Gasteiger partial charge is 0.497 e. The van der Waals surface area contributed by atoms with Crippen molar-refractivity contribution in [1.82, 2.24) is 0 Å². The average Bonchev–Trinajstić information content (AvgIpc) is 2.46. The molecule has 0 saturated carbocycles. The van der Waals surface area contributed by atoms with Crippen molar-refractivity contribution in [3.63, 3.8) is 0 Å². The Balaban J connectivity index is 2.37. The smallest absolute Gasteiger partial charge is 0.118 e. The molecule has 1 atom stereocenters. The average molecular weight is 288 g/mol. The molecule has 0 aliphatic heterocycles. The Bertz CT molecular complexity index is 576. The highest BCUT2D eigenvalue weighted by Gasteiger charge is 2.13. The van der Waals surface area contributed by atoms with Crippen molar-refractivity contribution in [2.45, 2.75) is 12.8 Å². The highest BCUT2D eigenvalue weighted by Crippen LogP contribution is 2.29. The van der Waals surface area contributed by atoms with Gasteiger partial charge < -0.3 is 4.74 Å². The zero-order valence-corrected chi connectivity index (χ0v) is 12.7. The zero-order valence-electron chi connectivity index (χ0n) is 11.0. The van der Waals surface area contributed by atoms with Gasteiger partial charge in [0.25, 0.3) is 0 Å². The summed E-state index contributed by atoms with van der Waals surface area (Å²) >= 11 is 9.51. The van der Waals surface area contributed by atoms with Crippen molar-refractivity contribution in [3.8, 4) is 5.75 Å². The van der Waals surface area contributed by atoms with Gasteiger partial charge in [0.15, 0.2) is 0 Å². The van der Waals surface area contributed by atoms with Crippen LogP contribution in [0.4, 0.5) is 0 Å². The van der Waals surface area contributed by atoms with E-state index in [4.69, 9.17) is 17.0 Å². The van der Waals surface area contributed by atoms with Crippen molar-refractivity contribution in [1.29, 1.82) is 0 Å². The summed E-state index contributed by atoms with van der Waals surface area (Å²) in [6.07, 6.45) is 0. The van der Waals surface area contributed by atoms with Crippen LogP contribution in [0.15, 0.2) is 48.5 Å². The van der Waals surface area contributed by atoms with Gasteiger partial charge in [-0.25, -0.2) is 0 Å². The molecular weight excluding hydrogens is 272 g/mol. The van der Waals surface area contributed by atoms with Gasteiger partial charge in [-0.05, 0) is 23.3 Å². The first kappa shape index (κ1) is 14.1. The van der Waals surface area contributed by atoms with Crippen LogP contribution in [0.3, 0.4) is 0 Å². The van der Waals surface area contributed by atoms with Crippen LogP contribution in [0.5, 0.6) is 5.75 Å². The van der Waals surface area contributed by atoms with E-state index in [1.54, 1.807) is 7.11 Å². The molecule has 98 valence electrons. The van der Waals surface area contributed by atoms with Gasteiger partial charge in [0, 0.05) is 11.5 Å². The SMILES string of the molecule is COc1ccc(C(C)c2ccccc2C(=S)S)cc1. The van der Waals surface area contributed by atoms with E-state index in [-0.39, 0.29) is 5.92 Å². The van der Waals surface area contributed by atoms with Gasteiger partial charge in [0.05, 0.1) is 11.3 Å². The van der Waals surface area contributed by atoms with E-state index in [0.29, 0.717) is 4.20 Å². The summed E-state index contributed by atoms with van der Waals surface area (Å²) in [7, 11) is 1.67. The van der Waals surface area contributed by atoms with Gasteiger partial charge in [-0.15, -0.1) is 12.6 Å². The Labute approximate surface area is 125 Å². The summed E-state index contributed by atoms with van der Waals surface area (Å²) in [5.41, 5.74) is 3.47. The first-order chi connectivity index (χ1) is 9.13. The number of thiocarbonyl (C=S) groups is 1. The molecular formula is C16H16OS2. The lowest BCUT2D eigenvalue weighted by atomic mass is 9.90. The predicted octanol–water partition coefficient (Wildman–Crippen LogP) is 4.45. The van der Waals surface area contributed by atoms with Crippen molar-refractivity contribution in [3.05, 3.63) is 65.2 Å². The molecule has 1 unspecified atom stereocenters. The number of benzene rings is 2. The zero-order chi connectivity index (χ0) is 13.8. The lowest BCUT2D eigenvalue weighted by molar-refractivity contribution is 0.414. The Morgan fingerprint density at radius 3 is 2.32 bits per heavy atom. The van der Waals surface area contributed by atoms with Gasteiger partial charge in [-0.3, -0.25) is 0 Å². The van der Waals surface area contributed by atoms with Crippen LogP contribution in [0.25, 0.3) is 0 Å². The van der Waals surface area contributed by atoms with Crippen LogP contribution in [0.1, 0.15) is 29.5 Å². The maximum Gasteiger partial charge on any atom is 0.118 e. The summed E-state index contributed by atoms with van der Waals surface area (Å²) in [4.78, 5) is 0. The van der Waals surface area contributed by atoms with Crippen LogP contribution >= 0.6 is 24.8 Å². The normalized spacial score (nSPS) is 11.9.